The number of carbonyl (C=O) groups is 2. The highest BCUT2D eigenvalue weighted by atomic mass is 16.6. The Kier molecular flexibility index (Phi) is 5.49. The fourth-order valence-corrected chi connectivity index (χ4v) is 3.24. The van der Waals surface area contributed by atoms with Crippen molar-refractivity contribution in [3.05, 3.63) is 69.3 Å². The average molecular weight is 367 g/mol. The van der Waals surface area contributed by atoms with Gasteiger partial charge < -0.3 is 10.2 Å². The van der Waals surface area contributed by atoms with Gasteiger partial charge in [0.25, 0.3) is 11.6 Å². The number of nitro benzene ring substituents is 1. The van der Waals surface area contributed by atoms with E-state index in [1.807, 2.05) is 4.90 Å². The minimum absolute atomic E-state index is 0.0216. The third-order valence-electron chi connectivity index (χ3n) is 4.69. The molecule has 3 rings (SSSR count). The number of rotatable bonds is 5. The summed E-state index contributed by atoms with van der Waals surface area (Å²) in [5.41, 5.74) is 1.65. The molecule has 1 aliphatic rings. The number of hydrogen-bond acceptors (Lipinski definition) is 4. The van der Waals surface area contributed by atoms with Crippen molar-refractivity contribution in [3.63, 3.8) is 0 Å². The molecule has 1 aliphatic heterocycles. The molecule has 0 radical (unpaired) electrons. The van der Waals surface area contributed by atoms with E-state index in [1.165, 1.54) is 6.07 Å². The van der Waals surface area contributed by atoms with Crippen LogP contribution in [0.3, 0.4) is 0 Å². The summed E-state index contributed by atoms with van der Waals surface area (Å²) in [5.74, 6) is -0.425. The number of nitrogens with one attached hydrogen (secondary N) is 1. The zero-order chi connectivity index (χ0) is 19.4. The van der Waals surface area contributed by atoms with Crippen LogP contribution in [0, 0.1) is 17.0 Å². The van der Waals surface area contributed by atoms with E-state index in [4.69, 9.17) is 0 Å². The number of nitrogens with zero attached hydrogens (tertiary/aromatic N) is 2. The molecule has 1 heterocycles. The summed E-state index contributed by atoms with van der Waals surface area (Å²) in [6.45, 7) is 3.24. The lowest BCUT2D eigenvalue weighted by atomic mass is 10.1. The van der Waals surface area contributed by atoms with Gasteiger partial charge in [-0.05, 0) is 43.5 Å². The van der Waals surface area contributed by atoms with Crippen molar-refractivity contribution in [1.82, 2.24) is 4.90 Å². The number of anilines is 1. The van der Waals surface area contributed by atoms with E-state index < -0.39 is 10.8 Å². The van der Waals surface area contributed by atoms with Gasteiger partial charge >= 0.3 is 0 Å². The number of amides is 2. The normalized spacial score (nSPS) is 13.4. The van der Waals surface area contributed by atoms with Crippen molar-refractivity contribution in [2.45, 2.75) is 26.2 Å². The van der Waals surface area contributed by atoms with Gasteiger partial charge in [-0.15, -0.1) is 0 Å². The molecule has 0 unspecified atom stereocenters. The second-order valence-corrected chi connectivity index (χ2v) is 6.64. The molecule has 7 heteroatoms. The molecule has 1 N–H and O–H groups in total. The van der Waals surface area contributed by atoms with Gasteiger partial charge in [0, 0.05) is 24.3 Å². The highest BCUT2D eigenvalue weighted by molar-refractivity contribution is 6.07. The second kappa shape index (κ2) is 7.99. The van der Waals surface area contributed by atoms with E-state index >= 15 is 0 Å². The zero-order valence-electron chi connectivity index (χ0n) is 15.1. The first-order valence-electron chi connectivity index (χ1n) is 8.88. The summed E-state index contributed by atoms with van der Waals surface area (Å²) in [6, 6.07) is 11.6. The molecule has 7 nitrogen and oxygen atoms in total. The largest absolute Gasteiger partial charge is 0.342 e. The molecular formula is C20H21N3O4. The van der Waals surface area contributed by atoms with Crippen LogP contribution in [-0.4, -0.2) is 34.7 Å². The summed E-state index contributed by atoms with van der Waals surface area (Å²) < 4.78 is 0. The first kappa shape index (κ1) is 18.6. The second-order valence-electron chi connectivity index (χ2n) is 6.64. The molecule has 140 valence electrons. The van der Waals surface area contributed by atoms with E-state index in [-0.39, 0.29) is 17.2 Å². The maximum Gasteiger partial charge on any atom is 0.285 e. The summed E-state index contributed by atoms with van der Waals surface area (Å²) in [6.07, 6.45) is 2.45. The predicted molar refractivity (Wildman–Crippen MR) is 102 cm³/mol. The lowest BCUT2D eigenvalue weighted by molar-refractivity contribution is -0.385. The molecule has 0 aromatic heterocycles. The first-order chi connectivity index (χ1) is 13.0. The zero-order valence-corrected chi connectivity index (χ0v) is 15.1. The molecule has 2 aromatic rings. The Labute approximate surface area is 157 Å². The fourth-order valence-electron chi connectivity index (χ4n) is 3.24. The number of likely N-dealkylation sites (tertiary alicyclic amines) is 1. The van der Waals surface area contributed by atoms with Gasteiger partial charge in [-0.2, -0.15) is 0 Å². The van der Waals surface area contributed by atoms with Crippen LogP contribution in [0.15, 0.2) is 42.5 Å². The van der Waals surface area contributed by atoms with Crippen LogP contribution >= 0.6 is 0 Å². The number of para-hydroxylation sites is 1. The SMILES string of the molecule is Cc1cccc(C(=O)Nc2ccc(CC(=O)N3CCCC3)cc2)c1[N+](=O)[O-]. The maximum atomic E-state index is 12.5. The Morgan fingerprint density at radius 1 is 1.11 bits per heavy atom. The third-order valence-corrected chi connectivity index (χ3v) is 4.69. The van der Waals surface area contributed by atoms with Crippen LogP contribution in [0.5, 0.6) is 0 Å². The van der Waals surface area contributed by atoms with Crippen molar-refractivity contribution in [2.75, 3.05) is 18.4 Å². The Bertz CT molecular complexity index is 871. The Morgan fingerprint density at radius 2 is 1.78 bits per heavy atom. The number of carbonyl (C=O) groups excluding carboxylic acids is 2. The van der Waals surface area contributed by atoms with Crippen molar-refractivity contribution >= 4 is 23.2 Å². The van der Waals surface area contributed by atoms with E-state index in [1.54, 1.807) is 43.3 Å². The minimum Gasteiger partial charge on any atom is -0.342 e. The van der Waals surface area contributed by atoms with Crippen molar-refractivity contribution < 1.29 is 14.5 Å². The van der Waals surface area contributed by atoms with Crippen LogP contribution < -0.4 is 5.32 Å². The smallest absolute Gasteiger partial charge is 0.285 e. The lowest BCUT2D eigenvalue weighted by Gasteiger charge is -2.15. The van der Waals surface area contributed by atoms with E-state index in [2.05, 4.69) is 5.32 Å². The number of hydrogen-bond donors (Lipinski definition) is 1. The number of nitro groups is 1. The highest BCUT2D eigenvalue weighted by Gasteiger charge is 2.22. The third kappa shape index (κ3) is 4.31. The molecular weight excluding hydrogens is 346 g/mol. The standard InChI is InChI=1S/C20H21N3O4/c1-14-5-4-6-17(19(14)23(26)27)20(25)21-16-9-7-15(8-10-16)13-18(24)22-11-2-3-12-22/h4-10H,2-3,11-13H2,1H3,(H,21,25). The summed E-state index contributed by atoms with van der Waals surface area (Å²) in [4.78, 5) is 37.2. The van der Waals surface area contributed by atoms with Crippen molar-refractivity contribution in [2.24, 2.45) is 0 Å². The summed E-state index contributed by atoms with van der Waals surface area (Å²) >= 11 is 0. The van der Waals surface area contributed by atoms with Crippen molar-refractivity contribution in [3.8, 4) is 0 Å². The molecule has 1 fully saturated rings. The molecule has 2 amide bonds. The van der Waals surface area contributed by atoms with Gasteiger partial charge in [-0.25, -0.2) is 0 Å². The van der Waals surface area contributed by atoms with E-state index in [0.717, 1.165) is 31.5 Å². The predicted octanol–water partition coefficient (Wildman–Crippen LogP) is 3.32. The molecule has 0 atom stereocenters. The van der Waals surface area contributed by atoms with Gasteiger partial charge in [0.15, 0.2) is 0 Å². The highest BCUT2D eigenvalue weighted by Crippen LogP contribution is 2.24. The Morgan fingerprint density at radius 3 is 2.41 bits per heavy atom. The lowest BCUT2D eigenvalue weighted by Crippen LogP contribution is -2.29. The molecule has 0 bridgehead atoms. The van der Waals surface area contributed by atoms with Crippen LogP contribution in [0.4, 0.5) is 11.4 Å². The topological polar surface area (TPSA) is 92.6 Å². The van der Waals surface area contributed by atoms with Gasteiger partial charge in [-0.3, -0.25) is 19.7 Å². The van der Waals surface area contributed by atoms with Crippen LogP contribution in [0.1, 0.15) is 34.3 Å². The molecule has 0 aliphatic carbocycles. The van der Waals surface area contributed by atoms with Gasteiger partial charge in [0.1, 0.15) is 5.56 Å². The van der Waals surface area contributed by atoms with E-state index in [0.29, 0.717) is 17.7 Å². The summed E-state index contributed by atoms with van der Waals surface area (Å²) in [5, 5.41) is 13.9. The van der Waals surface area contributed by atoms with E-state index in [9.17, 15) is 19.7 Å². The van der Waals surface area contributed by atoms with Crippen molar-refractivity contribution in [1.29, 1.82) is 0 Å². The maximum absolute atomic E-state index is 12.5. The van der Waals surface area contributed by atoms with Crippen LogP contribution in [0.25, 0.3) is 0 Å². The fraction of sp³-hybridized carbons (Fsp3) is 0.300. The molecule has 2 aromatic carbocycles. The first-order valence-corrected chi connectivity index (χ1v) is 8.88. The summed E-state index contributed by atoms with van der Waals surface area (Å²) in [7, 11) is 0. The molecule has 1 saturated heterocycles. The van der Waals surface area contributed by atoms with Crippen LogP contribution in [-0.2, 0) is 11.2 Å². The number of benzene rings is 2. The van der Waals surface area contributed by atoms with Crippen LogP contribution in [0.2, 0.25) is 0 Å². The van der Waals surface area contributed by atoms with Gasteiger partial charge in [-0.1, -0.05) is 24.3 Å². The average Bonchev–Trinajstić information content (AvgIpc) is 3.17. The Balaban J connectivity index is 1.68. The monoisotopic (exact) mass is 367 g/mol. The Hall–Kier alpha value is -3.22. The minimum atomic E-state index is -0.544. The van der Waals surface area contributed by atoms with Gasteiger partial charge in [0.2, 0.25) is 5.91 Å². The number of aryl methyl sites for hydroxylation is 1. The van der Waals surface area contributed by atoms with Gasteiger partial charge in [0.05, 0.1) is 11.3 Å². The molecule has 0 spiro atoms. The molecule has 27 heavy (non-hydrogen) atoms. The molecule has 0 saturated carbocycles. The quantitative estimate of drug-likeness (QED) is 0.648.